The number of amides is 1. The number of nitrogens with zero attached hydrogens (tertiary/aromatic N) is 4. The average molecular weight is 313 g/mol. The molecule has 0 atom stereocenters. The number of hydrogen-bond acceptors (Lipinski definition) is 6. The van der Waals surface area contributed by atoms with E-state index in [9.17, 15) is 9.59 Å². The van der Waals surface area contributed by atoms with E-state index in [1.54, 1.807) is 29.2 Å². The van der Waals surface area contributed by atoms with Crippen LogP contribution in [0.3, 0.4) is 0 Å². The van der Waals surface area contributed by atoms with Gasteiger partial charge in [0.25, 0.3) is 0 Å². The molecule has 1 fully saturated rings. The number of ether oxygens (including phenoxy) is 1. The van der Waals surface area contributed by atoms with Gasteiger partial charge < -0.3 is 9.64 Å². The molecule has 3 rings (SSSR count). The maximum atomic E-state index is 12.0. The number of benzene rings is 1. The Hall–Kier alpha value is -3.03. The number of likely N-dealkylation sites (tertiary alicyclic amines) is 1. The fourth-order valence-electron chi connectivity index (χ4n) is 2.33. The summed E-state index contributed by atoms with van der Waals surface area (Å²) in [5, 5.41) is 13.6. The van der Waals surface area contributed by atoms with Crippen molar-refractivity contribution in [3.05, 3.63) is 42.1 Å². The quantitative estimate of drug-likeness (QED) is 0.831. The molecule has 118 valence electrons. The first-order valence-corrected chi connectivity index (χ1v) is 7.14. The molecule has 23 heavy (non-hydrogen) atoms. The number of allylic oxidation sites excluding steroid dienone is 1. The van der Waals surface area contributed by atoms with Crippen LogP contribution in [0.2, 0.25) is 0 Å². The van der Waals surface area contributed by atoms with Gasteiger partial charge in [-0.3, -0.25) is 4.79 Å². The SMILES string of the molecule is C=C1CCC(=O)N1CCOC(=O)c1ccc(-c2nn[nH]n2)cc1. The molecule has 0 unspecified atom stereocenters. The first-order valence-electron chi connectivity index (χ1n) is 7.14. The second-order valence-electron chi connectivity index (χ2n) is 5.06. The first kappa shape index (κ1) is 14.9. The Morgan fingerprint density at radius 3 is 2.70 bits per heavy atom. The third-order valence-electron chi connectivity index (χ3n) is 3.58. The van der Waals surface area contributed by atoms with Gasteiger partial charge in [0.1, 0.15) is 6.61 Å². The average Bonchev–Trinajstić information content (AvgIpc) is 3.20. The van der Waals surface area contributed by atoms with Crippen molar-refractivity contribution in [3.63, 3.8) is 0 Å². The molecule has 2 heterocycles. The van der Waals surface area contributed by atoms with Crippen LogP contribution >= 0.6 is 0 Å². The summed E-state index contributed by atoms with van der Waals surface area (Å²) in [5.41, 5.74) is 1.94. The monoisotopic (exact) mass is 313 g/mol. The molecular formula is C15H15N5O3. The number of esters is 1. The molecule has 1 saturated heterocycles. The van der Waals surface area contributed by atoms with Crippen molar-refractivity contribution in [2.75, 3.05) is 13.2 Å². The van der Waals surface area contributed by atoms with Crippen molar-refractivity contribution >= 4 is 11.9 Å². The van der Waals surface area contributed by atoms with Crippen molar-refractivity contribution in [3.8, 4) is 11.4 Å². The summed E-state index contributed by atoms with van der Waals surface area (Å²) in [6.07, 6.45) is 1.15. The number of hydrogen-bond donors (Lipinski definition) is 1. The first-order chi connectivity index (χ1) is 11.1. The lowest BCUT2D eigenvalue weighted by Crippen LogP contribution is -2.27. The van der Waals surface area contributed by atoms with Crippen LogP contribution in [0.1, 0.15) is 23.2 Å². The minimum atomic E-state index is -0.443. The zero-order valence-corrected chi connectivity index (χ0v) is 12.4. The van der Waals surface area contributed by atoms with Crippen LogP contribution in [0.15, 0.2) is 36.5 Å². The lowest BCUT2D eigenvalue weighted by molar-refractivity contribution is -0.127. The minimum absolute atomic E-state index is 0.0236. The molecule has 0 saturated carbocycles. The Bertz CT molecular complexity index is 708. The van der Waals surface area contributed by atoms with E-state index < -0.39 is 5.97 Å². The molecule has 1 aliphatic heterocycles. The summed E-state index contributed by atoms with van der Waals surface area (Å²) in [6, 6.07) is 6.70. The van der Waals surface area contributed by atoms with Gasteiger partial charge >= 0.3 is 5.97 Å². The Kier molecular flexibility index (Phi) is 4.13. The highest BCUT2D eigenvalue weighted by Gasteiger charge is 2.23. The van der Waals surface area contributed by atoms with E-state index in [4.69, 9.17) is 4.74 Å². The van der Waals surface area contributed by atoms with E-state index in [1.807, 2.05) is 0 Å². The van der Waals surface area contributed by atoms with Crippen LogP contribution in [0, 0.1) is 0 Å². The highest BCUT2D eigenvalue weighted by molar-refractivity contribution is 5.90. The fourth-order valence-corrected chi connectivity index (χ4v) is 2.33. The lowest BCUT2D eigenvalue weighted by Gasteiger charge is -2.16. The molecule has 0 radical (unpaired) electrons. The number of nitrogens with one attached hydrogen (secondary N) is 1. The van der Waals surface area contributed by atoms with Gasteiger partial charge in [0, 0.05) is 17.7 Å². The zero-order valence-electron chi connectivity index (χ0n) is 12.4. The van der Waals surface area contributed by atoms with Crippen LogP contribution in [-0.2, 0) is 9.53 Å². The number of aromatic amines is 1. The van der Waals surface area contributed by atoms with Gasteiger partial charge in [-0.2, -0.15) is 5.21 Å². The zero-order chi connectivity index (χ0) is 16.2. The van der Waals surface area contributed by atoms with Crippen LogP contribution in [0.25, 0.3) is 11.4 Å². The highest BCUT2D eigenvalue weighted by Crippen LogP contribution is 2.20. The van der Waals surface area contributed by atoms with E-state index in [0.29, 0.717) is 30.8 Å². The Morgan fingerprint density at radius 2 is 2.09 bits per heavy atom. The van der Waals surface area contributed by atoms with Gasteiger partial charge in [0.2, 0.25) is 11.7 Å². The summed E-state index contributed by atoms with van der Waals surface area (Å²) in [7, 11) is 0. The van der Waals surface area contributed by atoms with Gasteiger partial charge in [0.15, 0.2) is 0 Å². The van der Waals surface area contributed by atoms with Crippen molar-refractivity contribution in [2.45, 2.75) is 12.8 Å². The highest BCUT2D eigenvalue weighted by atomic mass is 16.5. The number of aromatic nitrogens is 4. The van der Waals surface area contributed by atoms with E-state index in [1.165, 1.54) is 0 Å². The van der Waals surface area contributed by atoms with Crippen molar-refractivity contribution in [1.82, 2.24) is 25.5 Å². The second-order valence-corrected chi connectivity index (χ2v) is 5.06. The van der Waals surface area contributed by atoms with Gasteiger partial charge in [-0.1, -0.05) is 18.7 Å². The lowest BCUT2D eigenvalue weighted by atomic mass is 10.1. The van der Waals surface area contributed by atoms with E-state index >= 15 is 0 Å². The molecule has 1 amide bonds. The number of carbonyl (C=O) groups is 2. The summed E-state index contributed by atoms with van der Waals surface area (Å²) >= 11 is 0. The molecule has 0 aliphatic carbocycles. The minimum Gasteiger partial charge on any atom is -0.460 e. The topological polar surface area (TPSA) is 101 Å². The Labute approximate surface area is 132 Å². The van der Waals surface area contributed by atoms with Crippen LogP contribution in [0.5, 0.6) is 0 Å². The Balaban J connectivity index is 1.54. The molecular weight excluding hydrogens is 298 g/mol. The number of tetrazole rings is 1. The molecule has 1 aromatic carbocycles. The number of rotatable bonds is 5. The van der Waals surface area contributed by atoms with Gasteiger partial charge in [-0.05, 0) is 23.8 Å². The predicted octanol–water partition coefficient (Wildman–Crippen LogP) is 1.16. The van der Waals surface area contributed by atoms with Crippen LogP contribution < -0.4 is 0 Å². The molecule has 1 aromatic heterocycles. The molecule has 0 bridgehead atoms. The number of H-pyrrole nitrogens is 1. The largest absolute Gasteiger partial charge is 0.460 e. The molecule has 1 N–H and O–H groups in total. The smallest absolute Gasteiger partial charge is 0.338 e. The van der Waals surface area contributed by atoms with Gasteiger partial charge in [-0.25, -0.2) is 4.79 Å². The maximum absolute atomic E-state index is 12.0. The van der Waals surface area contributed by atoms with Crippen molar-refractivity contribution in [1.29, 1.82) is 0 Å². The second kappa shape index (κ2) is 6.39. The van der Waals surface area contributed by atoms with Crippen molar-refractivity contribution in [2.24, 2.45) is 0 Å². The molecule has 8 nitrogen and oxygen atoms in total. The van der Waals surface area contributed by atoms with Crippen LogP contribution in [0.4, 0.5) is 0 Å². The molecule has 8 heteroatoms. The van der Waals surface area contributed by atoms with Crippen LogP contribution in [-0.4, -0.2) is 50.6 Å². The summed E-state index contributed by atoms with van der Waals surface area (Å²) in [4.78, 5) is 25.1. The van der Waals surface area contributed by atoms with Gasteiger partial charge in [-0.15, -0.1) is 10.2 Å². The fraction of sp³-hybridized carbons (Fsp3) is 0.267. The van der Waals surface area contributed by atoms with E-state index in [2.05, 4.69) is 27.2 Å². The van der Waals surface area contributed by atoms with E-state index in [0.717, 1.165) is 11.3 Å². The molecule has 2 aromatic rings. The summed E-state index contributed by atoms with van der Waals surface area (Å²) < 4.78 is 5.19. The summed E-state index contributed by atoms with van der Waals surface area (Å²) in [6.45, 7) is 4.29. The normalized spacial score (nSPS) is 14.3. The summed E-state index contributed by atoms with van der Waals surface area (Å²) in [5.74, 6) is 0.0356. The Morgan fingerprint density at radius 1 is 1.30 bits per heavy atom. The standard InChI is InChI=1S/C15H15N5O3/c1-10-2-7-13(21)20(10)8-9-23-15(22)12-5-3-11(4-6-12)14-16-18-19-17-14/h3-6H,1-2,7-9H2,(H,16,17,18,19). The predicted molar refractivity (Wildman–Crippen MR) is 80.0 cm³/mol. The number of carbonyl (C=O) groups excluding carboxylic acids is 2. The maximum Gasteiger partial charge on any atom is 0.338 e. The van der Waals surface area contributed by atoms with Gasteiger partial charge in [0.05, 0.1) is 12.1 Å². The third kappa shape index (κ3) is 3.25. The molecule has 1 aliphatic rings. The third-order valence-corrected chi connectivity index (χ3v) is 3.58. The van der Waals surface area contributed by atoms with E-state index in [-0.39, 0.29) is 12.5 Å². The molecule has 0 spiro atoms. The van der Waals surface area contributed by atoms with Crippen molar-refractivity contribution < 1.29 is 14.3 Å².